The molecule has 1 aliphatic carbocycles. The Balaban J connectivity index is 2.50. The minimum Gasteiger partial charge on any atom is -0.298 e. The van der Waals surface area contributed by atoms with Crippen molar-refractivity contribution in [2.24, 2.45) is 5.92 Å². The quantitative estimate of drug-likeness (QED) is 0.650. The lowest BCUT2D eigenvalue weighted by Crippen LogP contribution is -2.41. The summed E-state index contributed by atoms with van der Waals surface area (Å²) in [4.78, 5) is 13.6. The van der Waals surface area contributed by atoms with E-state index in [4.69, 9.17) is 0 Å². The summed E-state index contributed by atoms with van der Waals surface area (Å²) in [6, 6.07) is 0.816. The van der Waals surface area contributed by atoms with Gasteiger partial charge in [0.2, 0.25) is 0 Å². The van der Waals surface area contributed by atoms with Crippen molar-refractivity contribution >= 4 is 5.78 Å². The fourth-order valence-corrected chi connectivity index (χ4v) is 1.68. The van der Waals surface area contributed by atoms with E-state index in [0.717, 1.165) is 6.54 Å². The van der Waals surface area contributed by atoms with E-state index in [0.29, 0.717) is 17.7 Å². The molecule has 0 aromatic carbocycles. The van der Waals surface area contributed by atoms with Crippen molar-refractivity contribution in [1.29, 1.82) is 0 Å². The van der Waals surface area contributed by atoms with Gasteiger partial charge in [-0.3, -0.25) is 9.69 Å². The molecule has 0 bridgehead atoms. The van der Waals surface area contributed by atoms with Crippen LogP contribution < -0.4 is 0 Å². The van der Waals surface area contributed by atoms with E-state index in [-0.39, 0.29) is 6.04 Å². The summed E-state index contributed by atoms with van der Waals surface area (Å²) in [6.07, 6.45) is 2.56. The van der Waals surface area contributed by atoms with Crippen LogP contribution in [-0.4, -0.2) is 29.3 Å². The van der Waals surface area contributed by atoms with Gasteiger partial charge in [-0.25, -0.2) is 0 Å². The zero-order valence-corrected chi connectivity index (χ0v) is 9.21. The molecule has 0 aliphatic heterocycles. The van der Waals surface area contributed by atoms with Crippen molar-refractivity contribution in [1.82, 2.24) is 4.90 Å². The van der Waals surface area contributed by atoms with Crippen LogP contribution in [0.25, 0.3) is 0 Å². The van der Waals surface area contributed by atoms with Gasteiger partial charge >= 0.3 is 0 Å². The monoisotopic (exact) mass is 183 g/mol. The summed E-state index contributed by atoms with van der Waals surface area (Å²) < 4.78 is 0. The lowest BCUT2D eigenvalue weighted by Gasteiger charge is -2.28. The van der Waals surface area contributed by atoms with Crippen LogP contribution in [0.3, 0.4) is 0 Å². The number of Topliss-reactive ketones (excluding diaryl/α,β-unsaturated/α-hetero) is 1. The topological polar surface area (TPSA) is 20.3 Å². The Kier molecular flexibility index (Phi) is 3.48. The third-order valence-electron chi connectivity index (χ3n) is 2.68. The highest BCUT2D eigenvalue weighted by Gasteiger charge is 2.33. The number of carbonyl (C=O) groups excluding carboxylic acids is 1. The first-order chi connectivity index (χ1) is 6.02. The van der Waals surface area contributed by atoms with Crippen LogP contribution in [0.2, 0.25) is 0 Å². The molecule has 2 nitrogen and oxygen atoms in total. The summed E-state index contributed by atoms with van der Waals surface area (Å²) in [5, 5.41) is 0. The SMILES string of the molecule is CC(=O)C(C)N(CC(C)C)C1CC1. The number of ketones is 1. The second-order valence-electron chi connectivity index (χ2n) is 4.61. The standard InChI is InChI=1S/C11H21NO/c1-8(2)7-12(11-5-6-11)9(3)10(4)13/h8-9,11H,5-7H2,1-4H3. The van der Waals surface area contributed by atoms with Crippen LogP contribution in [0.4, 0.5) is 0 Å². The number of hydrogen-bond donors (Lipinski definition) is 0. The summed E-state index contributed by atoms with van der Waals surface area (Å²) in [5.74, 6) is 0.954. The van der Waals surface area contributed by atoms with Crippen LogP contribution in [0.5, 0.6) is 0 Å². The highest BCUT2D eigenvalue weighted by Crippen LogP contribution is 2.29. The molecule has 76 valence electrons. The smallest absolute Gasteiger partial charge is 0.146 e. The van der Waals surface area contributed by atoms with Gasteiger partial charge in [0.25, 0.3) is 0 Å². The number of rotatable bonds is 5. The maximum atomic E-state index is 11.3. The maximum Gasteiger partial charge on any atom is 0.146 e. The lowest BCUT2D eigenvalue weighted by molar-refractivity contribution is -0.122. The molecule has 0 radical (unpaired) electrons. The molecule has 1 atom stereocenters. The summed E-state index contributed by atoms with van der Waals surface area (Å²) in [7, 11) is 0. The van der Waals surface area contributed by atoms with E-state index in [1.54, 1.807) is 6.92 Å². The molecular formula is C11H21NO. The summed E-state index contributed by atoms with van der Waals surface area (Å²) in [5.41, 5.74) is 0. The van der Waals surface area contributed by atoms with E-state index in [1.165, 1.54) is 12.8 Å². The fraction of sp³-hybridized carbons (Fsp3) is 0.909. The predicted molar refractivity (Wildman–Crippen MR) is 54.7 cm³/mol. The molecule has 0 amide bonds. The Morgan fingerprint density at radius 2 is 1.92 bits per heavy atom. The van der Waals surface area contributed by atoms with Gasteiger partial charge in [0.05, 0.1) is 6.04 Å². The predicted octanol–water partition coefficient (Wildman–Crippen LogP) is 2.08. The second-order valence-corrected chi connectivity index (χ2v) is 4.61. The van der Waals surface area contributed by atoms with Gasteiger partial charge < -0.3 is 0 Å². The van der Waals surface area contributed by atoms with Crippen LogP contribution in [0, 0.1) is 5.92 Å². The second kappa shape index (κ2) is 4.23. The van der Waals surface area contributed by atoms with Crippen molar-refractivity contribution in [3.05, 3.63) is 0 Å². The number of nitrogens with zero attached hydrogens (tertiary/aromatic N) is 1. The van der Waals surface area contributed by atoms with Crippen LogP contribution in [0.1, 0.15) is 40.5 Å². The first-order valence-electron chi connectivity index (χ1n) is 5.28. The Morgan fingerprint density at radius 3 is 2.23 bits per heavy atom. The molecule has 0 heterocycles. The Hall–Kier alpha value is -0.370. The number of carbonyl (C=O) groups is 1. The average Bonchev–Trinajstić information content (AvgIpc) is 2.80. The van der Waals surface area contributed by atoms with Crippen LogP contribution in [0.15, 0.2) is 0 Å². The first-order valence-corrected chi connectivity index (χ1v) is 5.28. The highest BCUT2D eigenvalue weighted by molar-refractivity contribution is 5.81. The van der Waals surface area contributed by atoms with E-state index in [9.17, 15) is 4.79 Å². The molecule has 0 spiro atoms. The zero-order chi connectivity index (χ0) is 10.0. The van der Waals surface area contributed by atoms with E-state index in [2.05, 4.69) is 18.7 Å². The molecule has 1 fully saturated rings. The Bertz CT molecular complexity index is 185. The van der Waals surface area contributed by atoms with Gasteiger partial charge in [-0.05, 0) is 32.6 Å². The van der Waals surface area contributed by atoms with Gasteiger partial charge in [0.15, 0.2) is 0 Å². The molecule has 0 aromatic heterocycles. The first kappa shape index (κ1) is 10.7. The lowest BCUT2D eigenvalue weighted by atomic mass is 10.1. The van der Waals surface area contributed by atoms with Crippen molar-refractivity contribution < 1.29 is 4.79 Å². The Labute approximate surface area is 81.3 Å². The fourth-order valence-electron chi connectivity index (χ4n) is 1.68. The van der Waals surface area contributed by atoms with Crippen LogP contribution >= 0.6 is 0 Å². The van der Waals surface area contributed by atoms with Crippen LogP contribution in [-0.2, 0) is 4.79 Å². The largest absolute Gasteiger partial charge is 0.298 e. The highest BCUT2D eigenvalue weighted by atomic mass is 16.1. The molecule has 1 aliphatic rings. The van der Waals surface area contributed by atoms with Gasteiger partial charge in [-0.1, -0.05) is 13.8 Å². The molecule has 0 aromatic rings. The van der Waals surface area contributed by atoms with Gasteiger partial charge in [0, 0.05) is 12.6 Å². The summed E-state index contributed by atoms with van der Waals surface area (Å²) in [6.45, 7) is 9.21. The molecule has 13 heavy (non-hydrogen) atoms. The van der Waals surface area contributed by atoms with Gasteiger partial charge in [-0.2, -0.15) is 0 Å². The van der Waals surface area contributed by atoms with E-state index < -0.39 is 0 Å². The van der Waals surface area contributed by atoms with Gasteiger partial charge in [0.1, 0.15) is 5.78 Å². The molecule has 0 N–H and O–H groups in total. The zero-order valence-electron chi connectivity index (χ0n) is 9.21. The molecule has 1 saturated carbocycles. The van der Waals surface area contributed by atoms with Gasteiger partial charge in [-0.15, -0.1) is 0 Å². The minimum atomic E-state index is 0.120. The van der Waals surface area contributed by atoms with Crippen molar-refractivity contribution in [3.8, 4) is 0 Å². The maximum absolute atomic E-state index is 11.3. The third-order valence-corrected chi connectivity index (χ3v) is 2.68. The van der Waals surface area contributed by atoms with E-state index in [1.807, 2.05) is 6.92 Å². The normalized spacial score (nSPS) is 19.5. The molecule has 1 unspecified atom stereocenters. The van der Waals surface area contributed by atoms with Crippen molar-refractivity contribution in [3.63, 3.8) is 0 Å². The molecule has 0 saturated heterocycles. The van der Waals surface area contributed by atoms with Crippen molar-refractivity contribution in [2.75, 3.05) is 6.54 Å². The molecule has 1 rings (SSSR count). The summed E-state index contributed by atoms with van der Waals surface area (Å²) >= 11 is 0. The molecular weight excluding hydrogens is 162 g/mol. The van der Waals surface area contributed by atoms with Crippen molar-refractivity contribution in [2.45, 2.75) is 52.6 Å². The third kappa shape index (κ3) is 3.11. The van der Waals surface area contributed by atoms with E-state index >= 15 is 0 Å². The number of hydrogen-bond acceptors (Lipinski definition) is 2. The average molecular weight is 183 g/mol. The molecule has 2 heteroatoms. The Morgan fingerprint density at radius 1 is 1.38 bits per heavy atom. The minimum absolute atomic E-state index is 0.120.